The molecular formula is C23H38. The molecule has 1 aliphatic rings. The Balaban J connectivity index is 2.28. The molecule has 1 saturated carbocycles. The molecule has 0 aromatic heterocycles. The van der Waals surface area contributed by atoms with Gasteiger partial charge in [0.05, 0.1) is 0 Å². The van der Waals surface area contributed by atoms with E-state index in [1.54, 1.807) is 5.56 Å². The summed E-state index contributed by atoms with van der Waals surface area (Å²) in [6, 6.07) is 7.48. The molecule has 1 aliphatic carbocycles. The zero-order chi connectivity index (χ0) is 17.3. The van der Waals surface area contributed by atoms with E-state index in [9.17, 15) is 0 Å². The van der Waals surface area contributed by atoms with Crippen molar-refractivity contribution < 1.29 is 0 Å². The maximum atomic E-state index is 2.51. The standard InChI is InChI=1S/C23H38/c1-8-9-17-10-12-18(13-11-17)19-14-20(22(2,3)4)16-21(15-19)23(5,6)7/h14-18H,8-13H2,1-7H3. The third-order valence-corrected chi connectivity index (χ3v) is 5.70. The van der Waals surface area contributed by atoms with Gasteiger partial charge in [-0.1, -0.05) is 79.5 Å². The third kappa shape index (κ3) is 4.85. The van der Waals surface area contributed by atoms with Crippen molar-refractivity contribution in [2.75, 3.05) is 0 Å². The topological polar surface area (TPSA) is 0 Å². The molecule has 0 aliphatic heterocycles. The maximum Gasteiger partial charge on any atom is -0.0132 e. The monoisotopic (exact) mass is 314 g/mol. The van der Waals surface area contributed by atoms with Crippen LogP contribution in [0.5, 0.6) is 0 Å². The summed E-state index contributed by atoms with van der Waals surface area (Å²) in [6.07, 6.45) is 8.43. The Morgan fingerprint density at radius 1 is 0.783 bits per heavy atom. The van der Waals surface area contributed by atoms with E-state index in [2.05, 4.69) is 66.7 Å². The van der Waals surface area contributed by atoms with Crippen LogP contribution < -0.4 is 0 Å². The molecule has 0 atom stereocenters. The largest absolute Gasteiger partial charge is 0.0654 e. The highest BCUT2D eigenvalue weighted by Gasteiger charge is 2.26. The Morgan fingerprint density at radius 3 is 1.65 bits per heavy atom. The van der Waals surface area contributed by atoms with E-state index in [-0.39, 0.29) is 10.8 Å². The van der Waals surface area contributed by atoms with Gasteiger partial charge in [0.15, 0.2) is 0 Å². The third-order valence-electron chi connectivity index (χ3n) is 5.70. The Morgan fingerprint density at radius 2 is 1.26 bits per heavy atom. The summed E-state index contributed by atoms with van der Waals surface area (Å²) in [6.45, 7) is 16.4. The minimum atomic E-state index is 0.232. The molecule has 0 saturated heterocycles. The normalized spacial score (nSPS) is 23.1. The molecule has 0 nitrogen and oxygen atoms in total. The van der Waals surface area contributed by atoms with Crippen LogP contribution in [-0.4, -0.2) is 0 Å². The van der Waals surface area contributed by atoms with E-state index >= 15 is 0 Å². The van der Waals surface area contributed by atoms with Crippen LogP contribution in [0.4, 0.5) is 0 Å². The number of hydrogen-bond acceptors (Lipinski definition) is 0. The van der Waals surface area contributed by atoms with Gasteiger partial charge in [-0.3, -0.25) is 0 Å². The van der Waals surface area contributed by atoms with Crippen LogP contribution in [0.3, 0.4) is 0 Å². The number of rotatable bonds is 3. The molecule has 1 aromatic rings. The summed E-state index contributed by atoms with van der Waals surface area (Å²) >= 11 is 0. The van der Waals surface area contributed by atoms with Gasteiger partial charge in [0.1, 0.15) is 0 Å². The molecule has 0 bridgehead atoms. The molecule has 0 heteroatoms. The van der Waals surface area contributed by atoms with Gasteiger partial charge >= 0.3 is 0 Å². The molecule has 0 heterocycles. The average molecular weight is 315 g/mol. The Kier molecular flexibility index (Phi) is 5.64. The maximum absolute atomic E-state index is 2.51. The molecule has 0 amide bonds. The summed E-state index contributed by atoms with van der Waals surface area (Å²) in [5, 5.41) is 0. The molecule has 1 aromatic carbocycles. The van der Waals surface area contributed by atoms with Crippen LogP contribution in [0, 0.1) is 5.92 Å². The minimum Gasteiger partial charge on any atom is -0.0654 e. The van der Waals surface area contributed by atoms with Crippen molar-refractivity contribution in [3.8, 4) is 0 Å². The van der Waals surface area contributed by atoms with Crippen LogP contribution in [0.25, 0.3) is 0 Å². The fourth-order valence-corrected chi connectivity index (χ4v) is 3.95. The van der Waals surface area contributed by atoms with E-state index in [4.69, 9.17) is 0 Å². The molecular weight excluding hydrogens is 276 g/mol. The Bertz CT molecular complexity index is 470. The van der Waals surface area contributed by atoms with Gasteiger partial charge in [-0.2, -0.15) is 0 Å². The lowest BCUT2D eigenvalue weighted by atomic mass is 9.73. The van der Waals surface area contributed by atoms with Crippen molar-refractivity contribution >= 4 is 0 Å². The molecule has 0 N–H and O–H groups in total. The summed E-state index contributed by atoms with van der Waals surface area (Å²) in [7, 11) is 0. The van der Waals surface area contributed by atoms with Crippen LogP contribution in [0.2, 0.25) is 0 Å². The zero-order valence-electron chi connectivity index (χ0n) is 16.6. The molecule has 0 spiro atoms. The van der Waals surface area contributed by atoms with Crippen LogP contribution in [0.1, 0.15) is 110 Å². The second kappa shape index (κ2) is 6.99. The van der Waals surface area contributed by atoms with Crippen molar-refractivity contribution in [1.29, 1.82) is 0 Å². The fourth-order valence-electron chi connectivity index (χ4n) is 3.95. The lowest BCUT2D eigenvalue weighted by molar-refractivity contribution is 0.308. The summed E-state index contributed by atoms with van der Waals surface area (Å²) < 4.78 is 0. The highest BCUT2D eigenvalue weighted by Crippen LogP contribution is 2.40. The van der Waals surface area contributed by atoms with Crippen molar-refractivity contribution in [1.82, 2.24) is 0 Å². The summed E-state index contributed by atoms with van der Waals surface area (Å²) in [5.41, 5.74) is 5.09. The van der Waals surface area contributed by atoms with Gasteiger partial charge in [0.2, 0.25) is 0 Å². The second-order valence-electron chi connectivity index (χ2n) is 9.85. The first kappa shape index (κ1) is 18.6. The lowest BCUT2D eigenvalue weighted by Crippen LogP contribution is -2.19. The van der Waals surface area contributed by atoms with Crippen molar-refractivity contribution in [2.24, 2.45) is 5.92 Å². The second-order valence-corrected chi connectivity index (χ2v) is 9.85. The van der Waals surface area contributed by atoms with Gasteiger partial charge in [0, 0.05) is 0 Å². The highest BCUT2D eigenvalue weighted by atomic mass is 14.3. The Labute approximate surface area is 145 Å². The predicted octanol–water partition coefficient (Wildman–Crippen LogP) is 7.36. The first-order chi connectivity index (χ1) is 10.6. The van der Waals surface area contributed by atoms with Gasteiger partial charge < -0.3 is 0 Å². The van der Waals surface area contributed by atoms with E-state index in [0.717, 1.165) is 11.8 Å². The molecule has 2 rings (SSSR count). The van der Waals surface area contributed by atoms with E-state index in [1.165, 1.54) is 49.7 Å². The van der Waals surface area contributed by atoms with Crippen molar-refractivity contribution in [3.63, 3.8) is 0 Å². The molecule has 0 radical (unpaired) electrons. The first-order valence-electron chi connectivity index (χ1n) is 9.77. The molecule has 23 heavy (non-hydrogen) atoms. The van der Waals surface area contributed by atoms with E-state index in [1.807, 2.05) is 0 Å². The number of benzene rings is 1. The Hall–Kier alpha value is -0.780. The van der Waals surface area contributed by atoms with Gasteiger partial charge in [-0.05, 0) is 65.0 Å². The fraction of sp³-hybridized carbons (Fsp3) is 0.739. The van der Waals surface area contributed by atoms with Gasteiger partial charge in [-0.25, -0.2) is 0 Å². The average Bonchev–Trinajstić information content (AvgIpc) is 2.46. The van der Waals surface area contributed by atoms with Crippen LogP contribution >= 0.6 is 0 Å². The summed E-state index contributed by atoms with van der Waals surface area (Å²) in [5.74, 6) is 1.77. The lowest BCUT2D eigenvalue weighted by Gasteiger charge is -2.32. The van der Waals surface area contributed by atoms with Gasteiger partial charge in [0.25, 0.3) is 0 Å². The number of hydrogen-bond donors (Lipinski definition) is 0. The molecule has 130 valence electrons. The first-order valence-corrected chi connectivity index (χ1v) is 9.77. The van der Waals surface area contributed by atoms with Crippen molar-refractivity contribution in [3.05, 3.63) is 34.9 Å². The zero-order valence-corrected chi connectivity index (χ0v) is 16.6. The molecule has 1 fully saturated rings. The predicted molar refractivity (Wildman–Crippen MR) is 103 cm³/mol. The van der Waals surface area contributed by atoms with Crippen molar-refractivity contribution in [2.45, 2.75) is 104 Å². The smallest absolute Gasteiger partial charge is 0.0132 e. The highest BCUT2D eigenvalue weighted by molar-refractivity contribution is 5.39. The van der Waals surface area contributed by atoms with E-state index < -0.39 is 0 Å². The van der Waals surface area contributed by atoms with Gasteiger partial charge in [-0.15, -0.1) is 0 Å². The summed E-state index contributed by atoms with van der Waals surface area (Å²) in [4.78, 5) is 0. The van der Waals surface area contributed by atoms with Crippen LogP contribution in [-0.2, 0) is 10.8 Å². The minimum absolute atomic E-state index is 0.232. The molecule has 0 unspecified atom stereocenters. The van der Waals surface area contributed by atoms with Crippen LogP contribution in [0.15, 0.2) is 18.2 Å². The quantitative estimate of drug-likeness (QED) is 0.547. The van der Waals surface area contributed by atoms with E-state index in [0.29, 0.717) is 0 Å². The SMILES string of the molecule is CCCC1CCC(c2cc(C(C)(C)C)cc(C(C)(C)C)c2)CC1.